The van der Waals surface area contributed by atoms with Gasteiger partial charge >= 0.3 is 0 Å². The third kappa shape index (κ3) is 3.93. The van der Waals surface area contributed by atoms with Crippen LogP contribution in [0.5, 0.6) is 0 Å². The Bertz CT molecular complexity index is 203. The van der Waals surface area contributed by atoms with Crippen molar-refractivity contribution >= 4 is 0 Å². The van der Waals surface area contributed by atoms with E-state index in [0.29, 0.717) is 6.42 Å². The van der Waals surface area contributed by atoms with Gasteiger partial charge in [0.25, 0.3) is 0 Å². The molecule has 0 rings (SSSR count). The molecule has 0 heterocycles. The maximum absolute atomic E-state index is 9.46. The standard InChI is InChI=1S/C11H16O2/c1-5-9(6-2)13-11(8-4)10(12)7-3/h1,6,8-12H,2,4,7H2,3H3/t9-,10?,11+/m0/s1. The largest absolute Gasteiger partial charge is 0.390 e. The molecule has 1 unspecified atom stereocenters. The Balaban J connectivity index is 4.19. The van der Waals surface area contributed by atoms with Gasteiger partial charge in [0, 0.05) is 0 Å². The number of aliphatic hydroxyl groups excluding tert-OH is 1. The molecule has 0 amide bonds. The van der Waals surface area contributed by atoms with E-state index in [4.69, 9.17) is 11.2 Å². The highest BCUT2D eigenvalue weighted by atomic mass is 16.5. The predicted octanol–water partition coefficient (Wildman–Crippen LogP) is 1.52. The number of rotatable bonds is 6. The summed E-state index contributed by atoms with van der Waals surface area (Å²) in [6.45, 7) is 8.95. The quantitative estimate of drug-likeness (QED) is 0.496. The van der Waals surface area contributed by atoms with E-state index in [9.17, 15) is 5.11 Å². The second-order valence-corrected chi connectivity index (χ2v) is 2.63. The van der Waals surface area contributed by atoms with Crippen LogP contribution >= 0.6 is 0 Å². The van der Waals surface area contributed by atoms with Gasteiger partial charge in [0.15, 0.2) is 0 Å². The van der Waals surface area contributed by atoms with Crippen LogP contribution in [0.15, 0.2) is 25.3 Å². The number of hydrogen-bond acceptors (Lipinski definition) is 2. The van der Waals surface area contributed by atoms with Crippen LogP contribution in [0.25, 0.3) is 0 Å². The molecule has 72 valence electrons. The molecule has 0 aliphatic heterocycles. The van der Waals surface area contributed by atoms with Crippen molar-refractivity contribution in [2.45, 2.75) is 31.7 Å². The molecule has 0 radical (unpaired) electrons. The van der Waals surface area contributed by atoms with Crippen LogP contribution < -0.4 is 0 Å². The summed E-state index contributed by atoms with van der Waals surface area (Å²) in [7, 11) is 0. The van der Waals surface area contributed by atoms with E-state index in [1.54, 1.807) is 6.08 Å². The number of ether oxygens (including phenoxy) is 1. The summed E-state index contributed by atoms with van der Waals surface area (Å²) >= 11 is 0. The monoisotopic (exact) mass is 180 g/mol. The van der Waals surface area contributed by atoms with Crippen LogP contribution in [0.3, 0.4) is 0 Å². The molecule has 0 aromatic rings. The SMILES string of the molecule is C#C[C@@H](C=C)O[C@H](C=C)C(O)CC. The lowest BCUT2D eigenvalue weighted by atomic mass is 10.1. The Hall–Kier alpha value is -1.04. The van der Waals surface area contributed by atoms with Gasteiger partial charge in [-0.25, -0.2) is 0 Å². The summed E-state index contributed by atoms with van der Waals surface area (Å²) in [6, 6.07) is 0. The van der Waals surface area contributed by atoms with Gasteiger partial charge in [-0.3, -0.25) is 0 Å². The lowest BCUT2D eigenvalue weighted by Crippen LogP contribution is -2.29. The number of aliphatic hydroxyl groups is 1. The first kappa shape index (κ1) is 12.0. The first-order valence-corrected chi connectivity index (χ1v) is 4.24. The maximum Gasteiger partial charge on any atom is 0.136 e. The Morgan fingerprint density at radius 2 is 2.15 bits per heavy atom. The van der Waals surface area contributed by atoms with E-state index in [1.807, 2.05) is 6.92 Å². The first-order valence-electron chi connectivity index (χ1n) is 4.24. The highest BCUT2D eigenvalue weighted by Crippen LogP contribution is 2.08. The highest BCUT2D eigenvalue weighted by molar-refractivity contribution is 5.06. The van der Waals surface area contributed by atoms with E-state index in [-0.39, 0.29) is 0 Å². The van der Waals surface area contributed by atoms with Crippen molar-refractivity contribution in [3.63, 3.8) is 0 Å². The lowest BCUT2D eigenvalue weighted by Gasteiger charge is -2.20. The summed E-state index contributed by atoms with van der Waals surface area (Å²) in [5.74, 6) is 2.40. The normalized spacial score (nSPS) is 16.7. The van der Waals surface area contributed by atoms with Gasteiger partial charge < -0.3 is 9.84 Å². The molecule has 0 aromatic carbocycles. The van der Waals surface area contributed by atoms with Crippen molar-refractivity contribution in [3.05, 3.63) is 25.3 Å². The van der Waals surface area contributed by atoms with Gasteiger partial charge in [-0.05, 0) is 6.42 Å². The molecule has 13 heavy (non-hydrogen) atoms. The average molecular weight is 180 g/mol. The average Bonchev–Trinajstić information content (AvgIpc) is 2.19. The van der Waals surface area contributed by atoms with Gasteiger partial charge in [0.2, 0.25) is 0 Å². The predicted molar refractivity (Wildman–Crippen MR) is 54.2 cm³/mol. The molecule has 2 heteroatoms. The lowest BCUT2D eigenvalue weighted by molar-refractivity contribution is -0.0187. The summed E-state index contributed by atoms with van der Waals surface area (Å²) < 4.78 is 5.33. The topological polar surface area (TPSA) is 29.5 Å². The Kier molecular flexibility index (Phi) is 5.96. The van der Waals surface area contributed by atoms with Crippen LogP contribution in [-0.4, -0.2) is 23.4 Å². The molecule has 0 fully saturated rings. The molecule has 0 aromatic heterocycles. The van der Waals surface area contributed by atoms with Crippen molar-refractivity contribution in [1.29, 1.82) is 0 Å². The molecule has 0 aliphatic rings. The minimum absolute atomic E-state index is 0.427. The van der Waals surface area contributed by atoms with Crippen molar-refractivity contribution in [3.8, 4) is 12.3 Å². The molecule has 3 atom stereocenters. The van der Waals surface area contributed by atoms with Gasteiger partial charge in [-0.15, -0.1) is 13.0 Å². The molecule has 1 N–H and O–H groups in total. The van der Waals surface area contributed by atoms with Gasteiger partial charge in [-0.2, -0.15) is 0 Å². The zero-order valence-corrected chi connectivity index (χ0v) is 7.94. The number of terminal acetylenes is 1. The summed E-state index contributed by atoms with van der Waals surface area (Å²) in [6.07, 6.45) is 7.37. The van der Waals surface area contributed by atoms with Crippen LogP contribution in [0.2, 0.25) is 0 Å². The molecule has 0 saturated carbocycles. The first-order chi connectivity index (χ1) is 6.19. The summed E-state index contributed by atoms with van der Waals surface area (Å²) in [4.78, 5) is 0. The third-order valence-corrected chi connectivity index (χ3v) is 1.71. The van der Waals surface area contributed by atoms with Crippen LogP contribution in [0, 0.1) is 12.3 Å². The molecule has 0 bridgehead atoms. The molecular weight excluding hydrogens is 164 g/mol. The second kappa shape index (κ2) is 6.47. The van der Waals surface area contributed by atoms with Gasteiger partial charge in [-0.1, -0.05) is 31.6 Å². The van der Waals surface area contributed by atoms with Gasteiger partial charge in [0.05, 0.1) is 6.10 Å². The fourth-order valence-electron chi connectivity index (χ4n) is 0.868. The molecule has 0 spiro atoms. The van der Waals surface area contributed by atoms with Crippen LogP contribution in [-0.2, 0) is 4.74 Å². The Morgan fingerprint density at radius 1 is 1.54 bits per heavy atom. The summed E-state index contributed by atoms with van der Waals surface area (Å²) in [5.41, 5.74) is 0. The van der Waals surface area contributed by atoms with E-state index in [0.717, 1.165) is 0 Å². The van der Waals surface area contributed by atoms with Gasteiger partial charge in [0.1, 0.15) is 12.2 Å². The smallest absolute Gasteiger partial charge is 0.136 e. The van der Waals surface area contributed by atoms with Crippen molar-refractivity contribution in [2.75, 3.05) is 0 Å². The highest BCUT2D eigenvalue weighted by Gasteiger charge is 2.16. The van der Waals surface area contributed by atoms with Crippen molar-refractivity contribution in [1.82, 2.24) is 0 Å². The molecule has 2 nitrogen and oxygen atoms in total. The van der Waals surface area contributed by atoms with Crippen molar-refractivity contribution < 1.29 is 9.84 Å². The summed E-state index contributed by atoms with van der Waals surface area (Å²) in [5, 5.41) is 9.46. The van der Waals surface area contributed by atoms with E-state index < -0.39 is 18.3 Å². The van der Waals surface area contributed by atoms with Crippen molar-refractivity contribution in [2.24, 2.45) is 0 Å². The van der Waals surface area contributed by atoms with E-state index >= 15 is 0 Å². The van der Waals surface area contributed by atoms with E-state index in [1.165, 1.54) is 6.08 Å². The zero-order chi connectivity index (χ0) is 10.3. The molecule has 0 saturated heterocycles. The fraction of sp³-hybridized carbons (Fsp3) is 0.455. The Labute approximate surface area is 79.9 Å². The Morgan fingerprint density at radius 3 is 2.46 bits per heavy atom. The van der Waals surface area contributed by atoms with E-state index in [2.05, 4.69) is 19.1 Å². The second-order valence-electron chi connectivity index (χ2n) is 2.63. The van der Waals surface area contributed by atoms with Crippen LogP contribution in [0.1, 0.15) is 13.3 Å². The minimum Gasteiger partial charge on any atom is -0.390 e. The molecule has 0 aliphatic carbocycles. The zero-order valence-electron chi connectivity index (χ0n) is 7.94. The minimum atomic E-state index is -0.562. The third-order valence-electron chi connectivity index (χ3n) is 1.71. The number of hydrogen-bond donors (Lipinski definition) is 1. The maximum atomic E-state index is 9.46. The fourth-order valence-corrected chi connectivity index (χ4v) is 0.868. The van der Waals surface area contributed by atoms with Crippen LogP contribution in [0.4, 0.5) is 0 Å². The molecular formula is C11H16O2.